The van der Waals surface area contributed by atoms with Gasteiger partial charge in [-0.1, -0.05) is 104 Å². The third-order valence-electron chi connectivity index (χ3n) is 5.61. The number of nitrogens with zero attached hydrogens (tertiary/aromatic N) is 1. The first kappa shape index (κ1) is 24.0. The molecule has 24 heavy (non-hydrogen) atoms. The molecule has 0 bridgehead atoms. The Morgan fingerprint density at radius 1 is 0.458 bits per heavy atom. The molecule has 0 spiro atoms. The van der Waals surface area contributed by atoms with Crippen molar-refractivity contribution < 1.29 is 4.48 Å². The van der Waals surface area contributed by atoms with E-state index in [2.05, 4.69) is 35.0 Å². The zero-order valence-corrected chi connectivity index (χ0v) is 18.0. The maximum atomic E-state index is 2.37. The lowest BCUT2D eigenvalue weighted by Crippen LogP contribution is -2.44. The van der Waals surface area contributed by atoms with Crippen LogP contribution >= 0.6 is 0 Å². The van der Waals surface area contributed by atoms with Gasteiger partial charge in [-0.3, -0.25) is 0 Å². The summed E-state index contributed by atoms with van der Waals surface area (Å²) in [6.45, 7) is 4.63. The maximum Gasteiger partial charge on any atom is 0.0884 e. The fourth-order valence-corrected chi connectivity index (χ4v) is 3.83. The second-order valence-corrected chi connectivity index (χ2v) is 8.94. The van der Waals surface area contributed by atoms with E-state index in [1.54, 1.807) is 0 Å². The Kier molecular flexibility index (Phi) is 16.4. The molecule has 0 aliphatic carbocycles. The zero-order valence-electron chi connectivity index (χ0n) is 18.0. The first-order valence-corrected chi connectivity index (χ1v) is 11.3. The molecular formula is C23H50N+. The fraction of sp³-hybridized carbons (Fsp3) is 1.00. The van der Waals surface area contributed by atoms with Gasteiger partial charge in [0.2, 0.25) is 0 Å². The summed E-state index contributed by atoms with van der Waals surface area (Å²) in [5.74, 6) is 0. The molecule has 0 saturated carbocycles. The van der Waals surface area contributed by atoms with Crippen molar-refractivity contribution in [2.75, 3.05) is 21.1 Å². The van der Waals surface area contributed by atoms with E-state index in [0.29, 0.717) is 0 Å². The highest BCUT2D eigenvalue weighted by Crippen LogP contribution is 2.18. The van der Waals surface area contributed by atoms with Gasteiger partial charge in [-0.2, -0.15) is 0 Å². The zero-order chi connectivity index (χ0) is 18.1. The van der Waals surface area contributed by atoms with Crippen LogP contribution in [0.1, 0.15) is 123 Å². The highest BCUT2D eigenvalue weighted by atomic mass is 15.3. The van der Waals surface area contributed by atoms with Crippen molar-refractivity contribution in [2.24, 2.45) is 0 Å². The third-order valence-corrected chi connectivity index (χ3v) is 5.61. The molecule has 0 fully saturated rings. The summed E-state index contributed by atoms with van der Waals surface area (Å²) in [5.41, 5.74) is 0. The van der Waals surface area contributed by atoms with E-state index in [4.69, 9.17) is 0 Å². The lowest BCUT2D eigenvalue weighted by atomic mass is 10.00. The molecule has 146 valence electrons. The first-order chi connectivity index (χ1) is 11.5. The number of hydrogen-bond donors (Lipinski definition) is 0. The van der Waals surface area contributed by atoms with Crippen LogP contribution in [-0.4, -0.2) is 31.7 Å². The molecule has 0 aliphatic rings. The highest BCUT2D eigenvalue weighted by Gasteiger charge is 2.21. The molecular weight excluding hydrogens is 290 g/mol. The van der Waals surface area contributed by atoms with Crippen molar-refractivity contribution in [3.05, 3.63) is 0 Å². The van der Waals surface area contributed by atoms with E-state index in [1.165, 1.54) is 109 Å². The van der Waals surface area contributed by atoms with Gasteiger partial charge < -0.3 is 4.48 Å². The molecule has 0 aromatic rings. The molecule has 1 heteroatoms. The summed E-state index contributed by atoms with van der Waals surface area (Å²) in [6.07, 6.45) is 24.6. The third kappa shape index (κ3) is 15.5. The van der Waals surface area contributed by atoms with Crippen molar-refractivity contribution in [3.63, 3.8) is 0 Å². The standard InChI is InChI=1S/C23H50N/c1-6-8-9-10-11-12-13-14-15-16-17-18-19-20-22-23(21-7-2)24(3,4)5/h23H,6-22H2,1-5H3/q+1. The average Bonchev–Trinajstić information content (AvgIpc) is 2.53. The van der Waals surface area contributed by atoms with Crippen molar-refractivity contribution in [1.82, 2.24) is 0 Å². The van der Waals surface area contributed by atoms with E-state index < -0.39 is 0 Å². The molecule has 0 aromatic carbocycles. The molecule has 1 nitrogen and oxygen atoms in total. The minimum Gasteiger partial charge on any atom is -0.328 e. The minimum atomic E-state index is 0.868. The van der Waals surface area contributed by atoms with Crippen molar-refractivity contribution in [1.29, 1.82) is 0 Å². The fourth-order valence-electron chi connectivity index (χ4n) is 3.83. The van der Waals surface area contributed by atoms with Gasteiger partial charge in [0.25, 0.3) is 0 Å². The molecule has 0 radical (unpaired) electrons. The summed E-state index contributed by atoms with van der Waals surface area (Å²) in [6, 6.07) is 0.868. The Balaban J connectivity index is 3.30. The topological polar surface area (TPSA) is 0 Å². The van der Waals surface area contributed by atoms with Gasteiger partial charge in [-0.05, 0) is 19.3 Å². The quantitative estimate of drug-likeness (QED) is 0.177. The maximum absolute atomic E-state index is 2.37. The molecule has 1 atom stereocenters. The number of hydrogen-bond acceptors (Lipinski definition) is 0. The van der Waals surface area contributed by atoms with Gasteiger partial charge in [0, 0.05) is 0 Å². The number of quaternary nitrogens is 1. The van der Waals surface area contributed by atoms with Crippen molar-refractivity contribution in [2.45, 2.75) is 129 Å². The van der Waals surface area contributed by atoms with Crippen LogP contribution in [-0.2, 0) is 0 Å². The molecule has 0 amide bonds. The van der Waals surface area contributed by atoms with Crippen LogP contribution in [0.25, 0.3) is 0 Å². The lowest BCUT2D eigenvalue weighted by molar-refractivity contribution is -0.896. The Morgan fingerprint density at radius 2 is 0.833 bits per heavy atom. The predicted molar refractivity (Wildman–Crippen MR) is 112 cm³/mol. The van der Waals surface area contributed by atoms with E-state index in [-0.39, 0.29) is 0 Å². The van der Waals surface area contributed by atoms with Gasteiger partial charge in [-0.25, -0.2) is 0 Å². The highest BCUT2D eigenvalue weighted by molar-refractivity contribution is 4.58. The van der Waals surface area contributed by atoms with Gasteiger partial charge in [-0.15, -0.1) is 0 Å². The molecule has 0 saturated heterocycles. The molecule has 0 aromatic heterocycles. The smallest absolute Gasteiger partial charge is 0.0884 e. The summed E-state index contributed by atoms with van der Waals surface area (Å²) < 4.78 is 1.15. The lowest BCUT2D eigenvalue weighted by Gasteiger charge is -2.34. The second-order valence-electron chi connectivity index (χ2n) is 8.94. The van der Waals surface area contributed by atoms with E-state index >= 15 is 0 Å². The van der Waals surface area contributed by atoms with Gasteiger partial charge >= 0.3 is 0 Å². The average molecular weight is 341 g/mol. The summed E-state index contributed by atoms with van der Waals surface area (Å²) in [4.78, 5) is 0. The Labute approximate surface area is 155 Å². The molecule has 0 heterocycles. The van der Waals surface area contributed by atoms with Crippen LogP contribution in [0.2, 0.25) is 0 Å². The largest absolute Gasteiger partial charge is 0.328 e. The van der Waals surface area contributed by atoms with Gasteiger partial charge in [0.15, 0.2) is 0 Å². The SMILES string of the molecule is CCCCCCCCCCCCCCCCC(CCC)[N+](C)(C)C. The van der Waals surface area contributed by atoms with Gasteiger partial charge in [0.05, 0.1) is 27.2 Å². The molecule has 0 N–H and O–H groups in total. The summed E-state index contributed by atoms with van der Waals surface area (Å²) in [7, 11) is 7.10. The summed E-state index contributed by atoms with van der Waals surface area (Å²) in [5, 5.41) is 0. The Morgan fingerprint density at radius 3 is 1.17 bits per heavy atom. The monoisotopic (exact) mass is 340 g/mol. The normalized spacial score (nSPS) is 13.4. The van der Waals surface area contributed by atoms with Crippen LogP contribution in [0.4, 0.5) is 0 Å². The van der Waals surface area contributed by atoms with Crippen LogP contribution in [0.15, 0.2) is 0 Å². The van der Waals surface area contributed by atoms with E-state index in [0.717, 1.165) is 10.5 Å². The Bertz CT molecular complexity index is 241. The minimum absolute atomic E-state index is 0.868. The number of unbranched alkanes of at least 4 members (excludes halogenated alkanes) is 13. The van der Waals surface area contributed by atoms with Gasteiger partial charge in [0.1, 0.15) is 0 Å². The second kappa shape index (κ2) is 16.4. The molecule has 0 aliphatic heterocycles. The van der Waals surface area contributed by atoms with Crippen LogP contribution in [0.5, 0.6) is 0 Å². The van der Waals surface area contributed by atoms with Crippen LogP contribution in [0.3, 0.4) is 0 Å². The molecule has 0 rings (SSSR count). The molecule has 1 unspecified atom stereocenters. The van der Waals surface area contributed by atoms with E-state index in [1.807, 2.05) is 0 Å². The van der Waals surface area contributed by atoms with Crippen LogP contribution in [0, 0.1) is 0 Å². The summed E-state index contributed by atoms with van der Waals surface area (Å²) >= 11 is 0. The first-order valence-electron chi connectivity index (χ1n) is 11.3. The predicted octanol–water partition coefficient (Wildman–Crippen LogP) is 7.73. The van der Waals surface area contributed by atoms with Crippen molar-refractivity contribution >= 4 is 0 Å². The number of rotatable bonds is 18. The van der Waals surface area contributed by atoms with Crippen molar-refractivity contribution in [3.8, 4) is 0 Å². The van der Waals surface area contributed by atoms with E-state index in [9.17, 15) is 0 Å². The Hall–Kier alpha value is -0.0400. The van der Waals surface area contributed by atoms with Crippen LogP contribution < -0.4 is 0 Å².